The third-order valence-electron chi connectivity index (χ3n) is 6.69. The molecule has 3 aromatic rings. The van der Waals surface area contributed by atoms with E-state index in [-0.39, 0.29) is 5.43 Å². The number of tetrazole rings is 1. The number of aromatic nitrogens is 4. The Hall–Kier alpha value is -2.94. The van der Waals surface area contributed by atoms with Gasteiger partial charge in [0.15, 0.2) is 17.1 Å². The molecule has 176 valence electrons. The number of rotatable bonds is 7. The number of anilines is 1. The molecular formula is C24H31N5O4. The zero-order chi connectivity index (χ0) is 22.6. The summed E-state index contributed by atoms with van der Waals surface area (Å²) in [6, 6.07) is 5.64. The van der Waals surface area contributed by atoms with Crippen LogP contribution in [0.5, 0.6) is 5.75 Å². The topological polar surface area (TPSA) is 95.5 Å². The second-order valence-corrected chi connectivity index (χ2v) is 8.90. The number of hydrogen-bond donors (Lipinski definition) is 0. The minimum absolute atomic E-state index is 0.0399. The summed E-state index contributed by atoms with van der Waals surface area (Å²) in [5, 5.41) is 13.0. The lowest BCUT2D eigenvalue weighted by Crippen LogP contribution is -2.36. The molecule has 0 radical (unpaired) electrons. The molecule has 1 aliphatic carbocycles. The van der Waals surface area contributed by atoms with Crippen molar-refractivity contribution in [3.8, 4) is 5.75 Å². The van der Waals surface area contributed by atoms with Crippen molar-refractivity contribution in [2.75, 3.05) is 37.8 Å². The van der Waals surface area contributed by atoms with Gasteiger partial charge in [0, 0.05) is 31.1 Å². The Balaban J connectivity index is 1.25. The van der Waals surface area contributed by atoms with Crippen LogP contribution in [0.25, 0.3) is 11.0 Å². The summed E-state index contributed by atoms with van der Waals surface area (Å²) < 4.78 is 19.7. The lowest BCUT2D eigenvalue weighted by atomic mass is 9.95. The van der Waals surface area contributed by atoms with Crippen LogP contribution in [0.1, 0.15) is 56.0 Å². The third kappa shape index (κ3) is 4.73. The van der Waals surface area contributed by atoms with Crippen LogP contribution in [0.4, 0.5) is 5.88 Å². The summed E-state index contributed by atoms with van der Waals surface area (Å²) in [4.78, 5) is 14.7. The first kappa shape index (κ1) is 21.9. The fourth-order valence-electron chi connectivity index (χ4n) is 4.82. The van der Waals surface area contributed by atoms with Crippen molar-refractivity contribution in [3.63, 3.8) is 0 Å². The second kappa shape index (κ2) is 9.91. The molecule has 0 bridgehead atoms. The van der Waals surface area contributed by atoms with Crippen LogP contribution in [0, 0.1) is 6.92 Å². The van der Waals surface area contributed by atoms with Gasteiger partial charge < -0.3 is 18.8 Å². The number of aryl methyl sites for hydroxylation is 2. The normalized spacial score (nSPS) is 17.5. The Kier molecular flexibility index (Phi) is 6.57. The van der Waals surface area contributed by atoms with Gasteiger partial charge in [0.1, 0.15) is 11.3 Å². The SMILES string of the molecule is Cc1c(OCCCc2nnnn2C2CCCCC2)ccc2c(=O)cc(N3CCOCC3)oc12. The monoisotopic (exact) mass is 453 g/mol. The maximum Gasteiger partial charge on any atom is 0.200 e. The minimum atomic E-state index is -0.0399. The molecule has 2 fully saturated rings. The van der Waals surface area contributed by atoms with Crippen LogP contribution < -0.4 is 15.1 Å². The fourth-order valence-corrected chi connectivity index (χ4v) is 4.82. The highest BCUT2D eigenvalue weighted by atomic mass is 16.5. The Morgan fingerprint density at radius 3 is 2.79 bits per heavy atom. The lowest BCUT2D eigenvalue weighted by molar-refractivity contribution is 0.121. The quantitative estimate of drug-likeness (QED) is 0.502. The van der Waals surface area contributed by atoms with Crippen molar-refractivity contribution in [2.45, 2.75) is 57.9 Å². The predicted octanol–water partition coefficient (Wildman–Crippen LogP) is 3.44. The Morgan fingerprint density at radius 1 is 1.15 bits per heavy atom. The molecule has 0 N–H and O–H groups in total. The van der Waals surface area contributed by atoms with E-state index in [1.54, 1.807) is 12.1 Å². The van der Waals surface area contributed by atoms with E-state index in [9.17, 15) is 4.79 Å². The number of hydrogen-bond acceptors (Lipinski definition) is 8. The molecule has 9 heteroatoms. The van der Waals surface area contributed by atoms with Crippen LogP contribution in [-0.4, -0.2) is 53.1 Å². The van der Waals surface area contributed by atoms with Gasteiger partial charge in [-0.3, -0.25) is 4.79 Å². The highest BCUT2D eigenvalue weighted by Gasteiger charge is 2.20. The van der Waals surface area contributed by atoms with E-state index in [4.69, 9.17) is 13.9 Å². The summed E-state index contributed by atoms with van der Waals surface area (Å²) in [6.07, 6.45) is 7.69. The van der Waals surface area contributed by atoms with Crippen molar-refractivity contribution in [3.05, 3.63) is 39.8 Å². The minimum Gasteiger partial charge on any atom is -0.493 e. The molecule has 1 saturated heterocycles. The van der Waals surface area contributed by atoms with E-state index in [1.165, 1.54) is 19.3 Å². The molecule has 0 atom stereocenters. The van der Waals surface area contributed by atoms with Crippen molar-refractivity contribution in [1.29, 1.82) is 0 Å². The van der Waals surface area contributed by atoms with Gasteiger partial charge in [-0.2, -0.15) is 0 Å². The van der Waals surface area contributed by atoms with E-state index in [1.807, 2.05) is 22.6 Å². The molecular weight excluding hydrogens is 422 g/mol. The summed E-state index contributed by atoms with van der Waals surface area (Å²) in [5.74, 6) is 2.25. The molecule has 0 unspecified atom stereocenters. The molecule has 33 heavy (non-hydrogen) atoms. The number of ether oxygens (including phenoxy) is 2. The number of morpholine rings is 1. The van der Waals surface area contributed by atoms with Gasteiger partial charge in [-0.25, -0.2) is 4.68 Å². The molecule has 5 rings (SSSR count). The van der Waals surface area contributed by atoms with Crippen LogP contribution in [-0.2, 0) is 11.2 Å². The average Bonchev–Trinajstić information content (AvgIpc) is 3.33. The first-order valence-corrected chi connectivity index (χ1v) is 12.0. The smallest absolute Gasteiger partial charge is 0.200 e. The zero-order valence-electron chi connectivity index (χ0n) is 19.2. The molecule has 3 heterocycles. The number of fused-ring (bicyclic) bond motifs is 1. The van der Waals surface area contributed by atoms with Gasteiger partial charge >= 0.3 is 0 Å². The van der Waals surface area contributed by atoms with Gasteiger partial charge in [0.05, 0.1) is 31.2 Å². The Morgan fingerprint density at radius 2 is 1.97 bits per heavy atom. The lowest BCUT2D eigenvalue weighted by Gasteiger charge is -2.27. The molecule has 9 nitrogen and oxygen atoms in total. The maximum atomic E-state index is 12.7. The molecule has 1 aromatic carbocycles. The molecule has 0 spiro atoms. The molecule has 0 amide bonds. The highest BCUT2D eigenvalue weighted by molar-refractivity contribution is 5.82. The predicted molar refractivity (Wildman–Crippen MR) is 124 cm³/mol. The summed E-state index contributed by atoms with van der Waals surface area (Å²) >= 11 is 0. The largest absolute Gasteiger partial charge is 0.493 e. The number of nitrogens with zero attached hydrogens (tertiary/aromatic N) is 5. The standard InChI is InChI=1S/C24H31N5O4/c1-17-21(32-13-5-8-22-25-26-27-29(22)18-6-3-2-4-7-18)10-9-19-20(30)16-23(33-24(17)19)28-11-14-31-15-12-28/h9-10,16,18H,2-8,11-15H2,1H3. The highest BCUT2D eigenvalue weighted by Crippen LogP contribution is 2.30. The van der Waals surface area contributed by atoms with Crippen LogP contribution in [0.2, 0.25) is 0 Å². The molecule has 1 saturated carbocycles. The maximum absolute atomic E-state index is 12.7. The first-order chi connectivity index (χ1) is 16.2. The average molecular weight is 454 g/mol. The van der Waals surface area contributed by atoms with E-state index in [0.717, 1.165) is 42.8 Å². The molecule has 1 aliphatic heterocycles. The van der Waals surface area contributed by atoms with Gasteiger partial charge in [-0.15, -0.1) is 5.10 Å². The number of benzene rings is 1. The first-order valence-electron chi connectivity index (χ1n) is 12.0. The van der Waals surface area contributed by atoms with E-state index < -0.39 is 0 Å². The van der Waals surface area contributed by atoms with Crippen molar-refractivity contribution < 1.29 is 13.9 Å². The summed E-state index contributed by atoms with van der Waals surface area (Å²) in [5.41, 5.74) is 1.39. The second-order valence-electron chi connectivity index (χ2n) is 8.90. The molecule has 2 aliphatic rings. The van der Waals surface area contributed by atoms with Gasteiger partial charge in [-0.1, -0.05) is 19.3 Å². The van der Waals surface area contributed by atoms with E-state index in [0.29, 0.717) is 55.8 Å². The van der Waals surface area contributed by atoms with Crippen molar-refractivity contribution in [1.82, 2.24) is 20.2 Å². The van der Waals surface area contributed by atoms with Crippen molar-refractivity contribution >= 4 is 16.9 Å². The van der Waals surface area contributed by atoms with Gasteiger partial charge in [0.25, 0.3) is 0 Å². The van der Waals surface area contributed by atoms with E-state index in [2.05, 4.69) is 15.5 Å². The van der Waals surface area contributed by atoms with Crippen LogP contribution in [0.15, 0.2) is 27.4 Å². The Bertz CT molecular complexity index is 1150. The Labute approximate surface area is 192 Å². The summed E-state index contributed by atoms with van der Waals surface area (Å²) in [7, 11) is 0. The van der Waals surface area contributed by atoms with Crippen LogP contribution in [0.3, 0.4) is 0 Å². The third-order valence-corrected chi connectivity index (χ3v) is 6.69. The zero-order valence-corrected chi connectivity index (χ0v) is 19.2. The van der Waals surface area contributed by atoms with Crippen molar-refractivity contribution in [2.24, 2.45) is 0 Å². The van der Waals surface area contributed by atoms with Gasteiger partial charge in [0.2, 0.25) is 0 Å². The summed E-state index contributed by atoms with van der Waals surface area (Å²) in [6.45, 7) is 5.17. The van der Waals surface area contributed by atoms with Crippen LogP contribution >= 0.6 is 0 Å². The van der Waals surface area contributed by atoms with E-state index >= 15 is 0 Å². The fraction of sp³-hybridized carbons (Fsp3) is 0.583. The van der Waals surface area contributed by atoms with Gasteiger partial charge in [-0.05, 0) is 48.7 Å². The molecule has 2 aromatic heterocycles.